The molecule has 0 saturated carbocycles. The van der Waals surface area contributed by atoms with E-state index < -0.39 is 10.7 Å². The zero-order valence-electron chi connectivity index (χ0n) is 5.15. The van der Waals surface area contributed by atoms with Crippen molar-refractivity contribution in [3.63, 3.8) is 0 Å². The Balaban J connectivity index is 2.77. The van der Waals surface area contributed by atoms with Gasteiger partial charge in [-0.05, 0) is 11.6 Å². The van der Waals surface area contributed by atoms with Crippen LogP contribution in [0.15, 0.2) is 18.3 Å². The van der Waals surface area contributed by atoms with Crippen LogP contribution in [-0.4, -0.2) is 13.4 Å². The molecule has 53 valence electrons. The average Bonchev–Trinajstić information content (AvgIpc) is 1.88. The van der Waals surface area contributed by atoms with E-state index in [0.29, 0.717) is 5.56 Å². The molecule has 1 radical (unpaired) electrons. The van der Waals surface area contributed by atoms with Gasteiger partial charge in [0.05, 0.1) is 11.9 Å². The van der Waals surface area contributed by atoms with Crippen LogP contribution in [0.4, 0.5) is 0 Å². The number of hydrogen-bond acceptors (Lipinski definition) is 3. The summed E-state index contributed by atoms with van der Waals surface area (Å²) in [5, 5.41) is 0. The maximum atomic E-state index is 10.2. The average molecular weight is 156 g/mol. The molecule has 10 heavy (non-hydrogen) atoms. The second-order valence-electron chi connectivity index (χ2n) is 1.79. The minimum atomic E-state index is -2.33. The summed E-state index contributed by atoms with van der Waals surface area (Å²) < 4.78 is 20.3. The Kier molecular flexibility index (Phi) is 2.39. The molecule has 1 heterocycles. The highest BCUT2D eigenvalue weighted by Gasteiger charge is 1.90. The quantitative estimate of drug-likeness (QED) is 0.613. The lowest BCUT2D eigenvalue weighted by atomic mass is 10.3. The highest BCUT2D eigenvalue weighted by molar-refractivity contribution is 7.71. The van der Waals surface area contributed by atoms with Crippen molar-refractivity contribution in [3.05, 3.63) is 30.1 Å². The van der Waals surface area contributed by atoms with E-state index in [-0.39, 0.29) is 5.75 Å². The first-order valence-corrected chi connectivity index (χ1v) is 4.08. The maximum Gasteiger partial charge on any atom is 0.144 e. The Hall–Kier alpha value is -0.900. The van der Waals surface area contributed by atoms with Crippen LogP contribution in [0, 0.1) is 6.20 Å². The number of thiol groups is 1. The molecule has 0 N–H and O–H groups in total. The van der Waals surface area contributed by atoms with Gasteiger partial charge in [0.2, 0.25) is 0 Å². The van der Waals surface area contributed by atoms with Crippen molar-refractivity contribution in [2.75, 3.05) is 0 Å². The molecule has 4 heteroatoms. The number of pyridine rings is 1. The van der Waals surface area contributed by atoms with Crippen LogP contribution in [0.25, 0.3) is 0 Å². The molecule has 0 aliphatic rings. The zero-order chi connectivity index (χ0) is 7.40. The van der Waals surface area contributed by atoms with E-state index in [1.165, 1.54) is 6.20 Å². The monoisotopic (exact) mass is 156 g/mol. The van der Waals surface area contributed by atoms with Gasteiger partial charge in [-0.25, -0.2) is 8.42 Å². The summed E-state index contributed by atoms with van der Waals surface area (Å²) in [4.78, 5) is 3.65. The molecule has 0 saturated heterocycles. The van der Waals surface area contributed by atoms with Gasteiger partial charge < -0.3 is 0 Å². The molecule has 3 nitrogen and oxygen atoms in total. The Bertz CT molecular complexity index is 260. The van der Waals surface area contributed by atoms with Crippen LogP contribution >= 0.6 is 0 Å². The van der Waals surface area contributed by atoms with Crippen LogP contribution in [0.3, 0.4) is 0 Å². The van der Waals surface area contributed by atoms with Crippen LogP contribution in [0.5, 0.6) is 0 Å². The molecule has 0 spiro atoms. The van der Waals surface area contributed by atoms with Gasteiger partial charge >= 0.3 is 0 Å². The molecule has 1 aromatic heterocycles. The summed E-state index contributed by atoms with van der Waals surface area (Å²) in [7, 11) is -2.33. The highest BCUT2D eigenvalue weighted by atomic mass is 32.2. The smallest absolute Gasteiger partial charge is 0.144 e. The Morgan fingerprint density at radius 3 is 2.90 bits per heavy atom. The predicted octanol–water partition coefficient (Wildman–Crippen LogP) is -0.00681. The molecule has 1 rings (SSSR count). The molecule has 0 aliphatic carbocycles. The number of hydrogen-bond donors (Lipinski definition) is 1. The van der Waals surface area contributed by atoms with E-state index in [1.54, 1.807) is 12.1 Å². The molecule has 0 fully saturated rings. The fraction of sp³-hybridized carbons (Fsp3) is 0.167. The van der Waals surface area contributed by atoms with Crippen LogP contribution < -0.4 is 0 Å². The van der Waals surface area contributed by atoms with Gasteiger partial charge in [0.1, 0.15) is 10.7 Å². The van der Waals surface area contributed by atoms with Crippen LogP contribution in [0.1, 0.15) is 5.56 Å². The fourth-order valence-electron chi connectivity index (χ4n) is 0.593. The molecule has 0 amide bonds. The van der Waals surface area contributed by atoms with Crippen LogP contribution in [0.2, 0.25) is 0 Å². The summed E-state index contributed by atoms with van der Waals surface area (Å²) in [6, 6.07) is 3.27. The molecule has 0 unspecified atom stereocenters. The standard InChI is InChI=1S/C6H6NO2S/c8-10(9)5-6-2-1-3-7-4-6/h1-2,4,10H,5H2. The molecule has 0 bridgehead atoms. The third kappa shape index (κ3) is 2.14. The SMILES string of the molecule is O=[SH](=O)Cc1cc[c]nc1. The summed E-state index contributed by atoms with van der Waals surface area (Å²) in [5.74, 6) is 0.0665. The third-order valence-corrected chi connectivity index (χ3v) is 1.61. The molecule has 1 aromatic rings. The minimum Gasteiger partial charge on any atom is -0.254 e. The van der Waals surface area contributed by atoms with E-state index in [2.05, 4.69) is 11.2 Å². The van der Waals surface area contributed by atoms with Crippen molar-refractivity contribution in [2.45, 2.75) is 5.75 Å². The predicted molar refractivity (Wildman–Crippen MR) is 37.1 cm³/mol. The van der Waals surface area contributed by atoms with Crippen molar-refractivity contribution >= 4 is 10.7 Å². The normalized spacial score (nSPS) is 10.1. The zero-order valence-corrected chi connectivity index (χ0v) is 6.04. The van der Waals surface area contributed by atoms with Gasteiger partial charge in [-0.15, -0.1) is 0 Å². The lowest BCUT2D eigenvalue weighted by Crippen LogP contribution is -1.86. The van der Waals surface area contributed by atoms with Gasteiger partial charge in [0.15, 0.2) is 0 Å². The molecular formula is C6H6NO2S. The highest BCUT2D eigenvalue weighted by Crippen LogP contribution is 1.95. The molecule has 0 aromatic carbocycles. The number of nitrogens with zero attached hydrogens (tertiary/aromatic N) is 1. The molecule has 0 atom stereocenters. The summed E-state index contributed by atoms with van der Waals surface area (Å²) >= 11 is 0. The van der Waals surface area contributed by atoms with E-state index in [1.807, 2.05) is 0 Å². The number of aromatic nitrogens is 1. The van der Waals surface area contributed by atoms with Crippen molar-refractivity contribution in [1.82, 2.24) is 4.98 Å². The largest absolute Gasteiger partial charge is 0.254 e. The van der Waals surface area contributed by atoms with Gasteiger partial charge in [-0.2, -0.15) is 0 Å². The van der Waals surface area contributed by atoms with E-state index >= 15 is 0 Å². The summed E-state index contributed by atoms with van der Waals surface area (Å²) in [5.41, 5.74) is 0.704. The lowest BCUT2D eigenvalue weighted by Gasteiger charge is -1.88. The Labute approximate surface area is 60.7 Å². The Morgan fingerprint density at radius 1 is 1.60 bits per heavy atom. The fourth-order valence-corrected chi connectivity index (χ4v) is 1.08. The second-order valence-corrected chi connectivity index (χ2v) is 2.77. The topological polar surface area (TPSA) is 47.0 Å². The second kappa shape index (κ2) is 3.31. The van der Waals surface area contributed by atoms with Crippen molar-refractivity contribution in [2.24, 2.45) is 0 Å². The first kappa shape index (κ1) is 7.21. The van der Waals surface area contributed by atoms with E-state index in [4.69, 9.17) is 0 Å². The van der Waals surface area contributed by atoms with Gasteiger partial charge in [0, 0.05) is 6.20 Å². The minimum absolute atomic E-state index is 0.0665. The van der Waals surface area contributed by atoms with Crippen molar-refractivity contribution in [1.29, 1.82) is 0 Å². The van der Waals surface area contributed by atoms with Gasteiger partial charge in [0.25, 0.3) is 0 Å². The van der Waals surface area contributed by atoms with E-state index in [0.717, 1.165) is 0 Å². The van der Waals surface area contributed by atoms with Crippen LogP contribution in [-0.2, 0) is 16.5 Å². The third-order valence-electron chi connectivity index (χ3n) is 0.989. The summed E-state index contributed by atoms with van der Waals surface area (Å²) in [6.45, 7) is 0. The van der Waals surface area contributed by atoms with Crippen molar-refractivity contribution < 1.29 is 8.42 Å². The van der Waals surface area contributed by atoms with Gasteiger partial charge in [-0.1, -0.05) is 6.07 Å². The first-order valence-electron chi connectivity index (χ1n) is 2.72. The lowest BCUT2D eigenvalue weighted by molar-refractivity contribution is 0.614. The van der Waals surface area contributed by atoms with Crippen molar-refractivity contribution in [3.8, 4) is 0 Å². The molecular weight excluding hydrogens is 150 g/mol. The Morgan fingerprint density at radius 2 is 2.40 bits per heavy atom. The summed E-state index contributed by atoms with van der Waals surface area (Å²) in [6.07, 6.45) is 4.05. The van der Waals surface area contributed by atoms with E-state index in [9.17, 15) is 8.42 Å². The number of rotatable bonds is 2. The molecule has 0 aliphatic heterocycles. The first-order chi connectivity index (χ1) is 4.79. The maximum absolute atomic E-state index is 10.2. The van der Waals surface area contributed by atoms with Gasteiger partial charge in [-0.3, -0.25) is 4.98 Å².